The number of amides is 1. The number of halogens is 4. The normalized spacial score (nSPS) is 13.3. The molecule has 118 valence electrons. The highest BCUT2D eigenvalue weighted by Gasteiger charge is 2.30. The molecule has 1 amide bonds. The number of alkyl halides is 4. The summed E-state index contributed by atoms with van der Waals surface area (Å²) in [6, 6.07) is 4.49. The number of rotatable bonds is 6. The average molecular weight is 322 g/mol. The molecule has 0 aliphatic carbocycles. The van der Waals surface area contributed by atoms with Crippen LogP contribution in [0.1, 0.15) is 31.4 Å². The third kappa shape index (κ3) is 6.38. The zero-order valence-electron chi connectivity index (χ0n) is 12.0. The predicted octanol–water partition coefficient (Wildman–Crippen LogP) is 4.02. The molecule has 1 N–H and O–H groups in total. The van der Waals surface area contributed by atoms with Crippen LogP contribution in [-0.4, -0.2) is 17.8 Å². The van der Waals surface area contributed by atoms with E-state index in [1.54, 1.807) is 0 Å². The molecule has 0 heterocycles. The Balaban J connectivity index is 2.58. The van der Waals surface area contributed by atoms with E-state index in [0.717, 1.165) is 18.6 Å². The molecule has 1 rings (SSSR count). The monoisotopic (exact) mass is 321 g/mol. The smallest absolute Gasteiger partial charge is 0.352 e. The van der Waals surface area contributed by atoms with Gasteiger partial charge in [0.05, 0.1) is 12.0 Å². The lowest BCUT2D eigenvalue weighted by Crippen LogP contribution is -2.38. The summed E-state index contributed by atoms with van der Waals surface area (Å²) >= 11 is 5.79. The Morgan fingerprint density at radius 3 is 2.24 bits per heavy atom. The van der Waals surface area contributed by atoms with Crippen molar-refractivity contribution in [2.24, 2.45) is 5.92 Å². The van der Waals surface area contributed by atoms with E-state index in [-0.39, 0.29) is 18.4 Å². The summed E-state index contributed by atoms with van der Waals surface area (Å²) in [5, 5.41) is 2.80. The lowest BCUT2D eigenvalue weighted by atomic mass is 10.0. The molecular formula is C15H19ClF3NO. The highest BCUT2D eigenvalue weighted by molar-refractivity contribution is 6.18. The fraction of sp³-hybridized carbons (Fsp3) is 0.533. The number of carbonyl (C=O) groups excluding carboxylic acids is 1. The van der Waals surface area contributed by atoms with Gasteiger partial charge in [-0.3, -0.25) is 4.79 Å². The molecule has 0 saturated heterocycles. The van der Waals surface area contributed by atoms with Crippen LogP contribution in [0.4, 0.5) is 13.2 Å². The minimum atomic E-state index is -4.36. The Kier molecular flexibility index (Phi) is 6.52. The molecule has 1 aromatic carbocycles. The van der Waals surface area contributed by atoms with Crippen LogP contribution in [0.25, 0.3) is 0 Å². The number of benzene rings is 1. The molecule has 1 aromatic rings. The molecule has 0 aromatic heterocycles. The topological polar surface area (TPSA) is 29.1 Å². The van der Waals surface area contributed by atoms with Crippen LogP contribution in [0.2, 0.25) is 0 Å². The van der Waals surface area contributed by atoms with Gasteiger partial charge in [0, 0.05) is 11.9 Å². The predicted molar refractivity (Wildman–Crippen MR) is 77.3 cm³/mol. The molecule has 2 nitrogen and oxygen atoms in total. The maximum absolute atomic E-state index is 12.4. The van der Waals surface area contributed by atoms with Crippen molar-refractivity contribution in [1.29, 1.82) is 0 Å². The van der Waals surface area contributed by atoms with Crippen LogP contribution in [0, 0.1) is 5.92 Å². The number of hydrogen-bond donors (Lipinski definition) is 1. The molecule has 0 bridgehead atoms. The summed E-state index contributed by atoms with van der Waals surface area (Å²) in [7, 11) is 0. The quantitative estimate of drug-likeness (QED) is 0.788. The SMILES string of the molecule is CC(C)CC(CCl)NC(=O)Cc1ccc(C(F)(F)F)cc1. The molecule has 21 heavy (non-hydrogen) atoms. The van der Waals surface area contributed by atoms with Gasteiger partial charge in [0.25, 0.3) is 0 Å². The minimum absolute atomic E-state index is 0.0453. The molecular weight excluding hydrogens is 303 g/mol. The standard InChI is InChI=1S/C15H19ClF3NO/c1-10(2)7-13(9-16)20-14(21)8-11-3-5-12(6-4-11)15(17,18)19/h3-6,10,13H,7-9H2,1-2H3,(H,20,21). The first-order valence-corrected chi connectivity index (χ1v) is 7.27. The van der Waals surface area contributed by atoms with Crippen LogP contribution in [0.15, 0.2) is 24.3 Å². The van der Waals surface area contributed by atoms with Gasteiger partial charge in [-0.1, -0.05) is 26.0 Å². The fourth-order valence-electron chi connectivity index (χ4n) is 2.01. The zero-order chi connectivity index (χ0) is 16.0. The average Bonchev–Trinajstić information content (AvgIpc) is 2.36. The molecule has 0 fully saturated rings. The zero-order valence-corrected chi connectivity index (χ0v) is 12.8. The summed E-state index contributed by atoms with van der Waals surface area (Å²) in [6.07, 6.45) is -3.55. The highest BCUT2D eigenvalue weighted by atomic mass is 35.5. The van der Waals surface area contributed by atoms with E-state index in [2.05, 4.69) is 5.32 Å². The van der Waals surface area contributed by atoms with Crippen molar-refractivity contribution in [3.05, 3.63) is 35.4 Å². The largest absolute Gasteiger partial charge is 0.416 e. The van der Waals surface area contributed by atoms with Crippen molar-refractivity contribution in [3.63, 3.8) is 0 Å². The summed E-state index contributed by atoms with van der Waals surface area (Å²) < 4.78 is 37.3. The second-order valence-electron chi connectivity index (χ2n) is 5.42. The maximum atomic E-state index is 12.4. The number of nitrogens with one attached hydrogen (secondary N) is 1. The van der Waals surface area contributed by atoms with E-state index in [0.29, 0.717) is 17.4 Å². The van der Waals surface area contributed by atoms with Crippen molar-refractivity contribution in [3.8, 4) is 0 Å². The molecule has 0 aliphatic heterocycles. The first kappa shape index (κ1) is 17.8. The van der Waals surface area contributed by atoms with Gasteiger partial charge in [-0.15, -0.1) is 11.6 Å². The van der Waals surface area contributed by atoms with Gasteiger partial charge < -0.3 is 5.32 Å². The number of carbonyl (C=O) groups is 1. The first-order chi connectivity index (χ1) is 9.72. The Labute approximate surface area is 127 Å². The van der Waals surface area contributed by atoms with E-state index >= 15 is 0 Å². The molecule has 0 saturated carbocycles. The van der Waals surface area contributed by atoms with E-state index in [9.17, 15) is 18.0 Å². The van der Waals surface area contributed by atoms with Crippen LogP contribution in [0.5, 0.6) is 0 Å². The third-order valence-corrected chi connectivity index (χ3v) is 3.33. The second kappa shape index (κ2) is 7.69. The molecule has 1 unspecified atom stereocenters. The first-order valence-electron chi connectivity index (χ1n) is 6.73. The maximum Gasteiger partial charge on any atom is 0.416 e. The third-order valence-electron chi connectivity index (χ3n) is 2.95. The van der Waals surface area contributed by atoms with Crippen LogP contribution < -0.4 is 5.32 Å². The molecule has 0 spiro atoms. The van der Waals surface area contributed by atoms with E-state index in [1.807, 2.05) is 13.8 Å². The van der Waals surface area contributed by atoms with Crippen LogP contribution >= 0.6 is 11.6 Å². The van der Waals surface area contributed by atoms with Gasteiger partial charge in [0.1, 0.15) is 0 Å². The molecule has 0 radical (unpaired) electrons. The molecule has 0 aliphatic rings. The van der Waals surface area contributed by atoms with Gasteiger partial charge >= 0.3 is 6.18 Å². The van der Waals surface area contributed by atoms with Gasteiger partial charge in [-0.2, -0.15) is 13.2 Å². The van der Waals surface area contributed by atoms with Gasteiger partial charge in [0.15, 0.2) is 0 Å². The number of hydrogen-bond acceptors (Lipinski definition) is 1. The Morgan fingerprint density at radius 2 is 1.81 bits per heavy atom. The van der Waals surface area contributed by atoms with Crippen molar-refractivity contribution >= 4 is 17.5 Å². The lowest BCUT2D eigenvalue weighted by molar-refractivity contribution is -0.137. The van der Waals surface area contributed by atoms with Crippen molar-refractivity contribution in [2.75, 3.05) is 5.88 Å². The highest BCUT2D eigenvalue weighted by Crippen LogP contribution is 2.29. The summed E-state index contributed by atoms with van der Waals surface area (Å²) in [5.41, 5.74) is -0.177. The van der Waals surface area contributed by atoms with Gasteiger partial charge in [-0.25, -0.2) is 0 Å². The Hall–Kier alpha value is -1.23. The second-order valence-corrected chi connectivity index (χ2v) is 5.73. The Morgan fingerprint density at radius 1 is 1.24 bits per heavy atom. The Bertz CT molecular complexity index is 457. The van der Waals surface area contributed by atoms with Crippen LogP contribution in [-0.2, 0) is 17.4 Å². The van der Waals surface area contributed by atoms with E-state index < -0.39 is 11.7 Å². The van der Waals surface area contributed by atoms with Crippen LogP contribution in [0.3, 0.4) is 0 Å². The van der Waals surface area contributed by atoms with Gasteiger partial charge in [-0.05, 0) is 30.0 Å². The van der Waals surface area contributed by atoms with Crippen molar-refractivity contribution < 1.29 is 18.0 Å². The minimum Gasteiger partial charge on any atom is -0.352 e. The van der Waals surface area contributed by atoms with Crippen molar-refractivity contribution in [2.45, 2.75) is 38.9 Å². The van der Waals surface area contributed by atoms with Crippen molar-refractivity contribution in [1.82, 2.24) is 5.32 Å². The lowest BCUT2D eigenvalue weighted by Gasteiger charge is -2.18. The van der Waals surface area contributed by atoms with Gasteiger partial charge in [0.2, 0.25) is 5.91 Å². The molecule has 1 atom stereocenters. The molecule has 6 heteroatoms. The van der Waals surface area contributed by atoms with E-state index in [1.165, 1.54) is 12.1 Å². The fourth-order valence-corrected chi connectivity index (χ4v) is 2.21. The summed E-state index contributed by atoms with van der Waals surface area (Å²) in [5.74, 6) is 0.484. The van der Waals surface area contributed by atoms with E-state index in [4.69, 9.17) is 11.6 Å². The summed E-state index contributed by atoms with van der Waals surface area (Å²) in [6.45, 7) is 4.06. The summed E-state index contributed by atoms with van der Waals surface area (Å²) in [4.78, 5) is 11.9.